The van der Waals surface area contributed by atoms with Crippen molar-refractivity contribution in [1.29, 1.82) is 0 Å². The molecule has 2 amide bonds. The van der Waals surface area contributed by atoms with Gasteiger partial charge in [-0.15, -0.1) is 0 Å². The molecule has 1 saturated carbocycles. The van der Waals surface area contributed by atoms with E-state index in [0.29, 0.717) is 32.2 Å². The minimum Gasteiger partial charge on any atom is -0.322 e. The molecule has 158 valence electrons. The standard InChI is InChI=1S/C22H23FN2O4S/c23-19-14-16(9-12-20(19)25-13-3-6-21(25)26)24-22(27)15-7-10-18(11-8-15)30(28,29)17-4-1-2-5-17/h7-12,14,17H,1-6,13H2,(H,24,27). The van der Waals surface area contributed by atoms with Crippen molar-refractivity contribution < 1.29 is 22.4 Å². The lowest BCUT2D eigenvalue weighted by molar-refractivity contribution is -0.117. The molecule has 6 nitrogen and oxygen atoms in total. The van der Waals surface area contributed by atoms with Crippen LogP contribution < -0.4 is 10.2 Å². The third-order valence-corrected chi connectivity index (χ3v) is 8.03. The molecule has 0 aromatic heterocycles. The highest BCUT2D eigenvalue weighted by atomic mass is 32.2. The van der Waals surface area contributed by atoms with Gasteiger partial charge in [0.2, 0.25) is 5.91 Å². The Morgan fingerprint density at radius 2 is 1.73 bits per heavy atom. The topological polar surface area (TPSA) is 83.6 Å². The molecule has 0 radical (unpaired) electrons. The van der Waals surface area contributed by atoms with Crippen LogP contribution in [0.4, 0.5) is 15.8 Å². The lowest BCUT2D eigenvalue weighted by atomic mass is 10.2. The van der Waals surface area contributed by atoms with Crippen LogP contribution in [0, 0.1) is 5.82 Å². The summed E-state index contributed by atoms with van der Waals surface area (Å²) in [6.45, 7) is 0.484. The maximum atomic E-state index is 14.4. The van der Waals surface area contributed by atoms with Gasteiger partial charge in [-0.2, -0.15) is 0 Å². The SMILES string of the molecule is O=C(Nc1ccc(N2CCCC2=O)c(F)c1)c1ccc(S(=O)(=O)C2CCCC2)cc1. The highest BCUT2D eigenvalue weighted by Crippen LogP contribution is 2.30. The van der Waals surface area contributed by atoms with Crippen LogP contribution in [-0.2, 0) is 14.6 Å². The third-order valence-electron chi connectivity index (χ3n) is 5.76. The van der Waals surface area contributed by atoms with E-state index >= 15 is 0 Å². The van der Waals surface area contributed by atoms with Crippen LogP contribution in [0.15, 0.2) is 47.4 Å². The molecule has 8 heteroatoms. The fourth-order valence-electron chi connectivity index (χ4n) is 4.10. The molecule has 2 fully saturated rings. The zero-order chi connectivity index (χ0) is 21.3. The zero-order valence-electron chi connectivity index (χ0n) is 16.4. The van der Waals surface area contributed by atoms with Crippen molar-refractivity contribution in [2.75, 3.05) is 16.8 Å². The van der Waals surface area contributed by atoms with Gasteiger partial charge in [0.1, 0.15) is 5.82 Å². The molecule has 1 heterocycles. The minimum absolute atomic E-state index is 0.113. The first kappa shape index (κ1) is 20.5. The number of rotatable bonds is 5. The summed E-state index contributed by atoms with van der Waals surface area (Å²) in [5.74, 6) is -1.16. The number of carbonyl (C=O) groups is 2. The van der Waals surface area contributed by atoms with E-state index in [0.717, 1.165) is 12.8 Å². The fourth-order valence-corrected chi connectivity index (χ4v) is 5.95. The Morgan fingerprint density at radius 3 is 2.33 bits per heavy atom. The molecular formula is C22H23FN2O4S. The summed E-state index contributed by atoms with van der Waals surface area (Å²) in [6, 6.07) is 10.0. The molecule has 0 spiro atoms. The van der Waals surface area contributed by atoms with Gasteiger partial charge in [0.15, 0.2) is 9.84 Å². The summed E-state index contributed by atoms with van der Waals surface area (Å²) < 4.78 is 39.7. The van der Waals surface area contributed by atoms with Crippen LogP contribution >= 0.6 is 0 Å². The second-order valence-electron chi connectivity index (χ2n) is 7.75. The van der Waals surface area contributed by atoms with Crippen molar-refractivity contribution in [1.82, 2.24) is 0 Å². The van der Waals surface area contributed by atoms with Crippen LogP contribution in [0.25, 0.3) is 0 Å². The molecule has 2 aromatic carbocycles. The predicted octanol–water partition coefficient (Wildman–Crippen LogP) is 3.92. The van der Waals surface area contributed by atoms with Crippen molar-refractivity contribution in [3.8, 4) is 0 Å². The Labute approximate surface area is 175 Å². The molecule has 2 aromatic rings. The van der Waals surface area contributed by atoms with E-state index < -0.39 is 21.6 Å². The molecule has 30 heavy (non-hydrogen) atoms. The lowest BCUT2D eigenvalue weighted by Gasteiger charge is -2.17. The van der Waals surface area contributed by atoms with Crippen molar-refractivity contribution in [2.24, 2.45) is 0 Å². The van der Waals surface area contributed by atoms with Crippen LogP contribution in [-0.4, -0.2) is 32.0 Å². The Bertz CT molecular complexity index is 1080. The number of benzene rings is 2. The Morgan fingerprint density at radius 1 is 1.03 bits per heavy atom. The van der Waals surface area contributed by atoms with Gasteiger partial charge in [-0.3, -0.25) is 9.59 Å². The fraction of sp³-hybridized carbons (Fsp3) is 0.364. The van der Waals surface area contributed by atoms with Gasteiger partial charge in [0, 0.05) is 24.2 Å². The first-order valence-electron chi connectivity index (χ1n) is 10.1. The number of hydrogen-bond acceptors (Lipinski definition) is 4. The van der Waals surface area contributed by atoms with E-state index in [2.05, 4.69) is 5.32 Å². The predicted molar refractivity (Wildman–Crippen MR) is 112 cm³/mol. The summed E-state index contributed by atoms with van der Waals surface area (Å²) in [4.78, 5) is 25.9. The van der Waals surface area contributed by atoms with Crippen LogP contribution in [0.1, 0.15) is 48.9 Å². The quantitative estimate of drug-likeness (QED) is 0.779. The number of carbonyl (C=O) groups excluding carboxylic acids is 2. The van der Waals surface area contributed by atoms with Crippen LogP contribution in [0.3, 0.4) is 0 Å². The molecular weight excluding hydrogens is 407 g/mol. The number of anilines is 2. The van der Waals surface area contributed by atoms with Crippen LogP contribution in [0.5, 0.6) is 0 Å². The molecule has 0 bridgehead atoms. The average Bonchev–Trinajstić information content (AvgIpc) is 3.41. The smallest absolute Gasteiger partial charge is 0.255 e. The molecule has 0 atom stereocenters. The lowest BCUT2D eigenvalue weighted by Crippen LogP contribution is -2.24. The van der Waals surface area contributed by atoms with E-state index in [4.69, 9.17) is 0 Å². The summed E-state index contributed by atoms with van der Waals surface area (Å²) >= 11 is 0. The first-order chi connectivity index (χ1) is 14.4. The number of nitrogens with zero attached hydrogens (tertiary/aromatic N) is 1. The first-order valence-corrected chi connectivity index (χ1v) is 11.7. The molecule has 1 N–H and O–H groups in total. The number of hydrogen-bond donors (Lipinski definition) is 1. The van der Waals surface area contributed by atoms with Crippen molar-refractivity contribution in [2.45, 2.75) is 48.7 Å². The molecule has 1 saturated heterocycles. The molecule has 1 aliphatic carbocycles. The van der Waals surface area contributed by atoms with Gasteiger partial charge in [-0.25, -0.2) is 12.8 Å². The highest BCUT2D eigenvalue weighted by molar-refractivity contribution is 7.92. The molecule has 2 aliphatic rings. The van der Waals surface area contributed by atoms with Crippen molar-refractivity contribution in [3.05, 3.63) is 53.8 Å². The number of sulfone groups is 1. The normalized spacial score (nSPS) is 17.5. The van der Waals surface area contributed by atoms with E-state index in [-0.39, 0.29) is 33.0 Å². The highest BCUT2D eigenvalue weighted by Gasteiger charge is 2.30. The largest absolute Gasteiger partial charge is 0.322 e. The van der Waals surface area contributed by atoms with Gasteiger partial charge in [0.25, 0.3) is 5.91 Å². The average molecular weight is 431 g/mol. The minimum atomic E-state index is -3.38. The van der Waals surface area contributed by atoms with Gasteiger partial charge in [-0.1, -0.05) is 12.8 Å². The second-order valence-corrected chi connectivity index (χ2v) is 9.97. The maximum Gasteiger partial charge on any atom is 0.255 e. The Balaban J connectivity index is 1.46. The van der Waals surface area contributed by atoms with Crippen molar-refractivity contribution >= 4 is 33.0 Å². The summed E-state index contributed by atoms with van der Waals surface area (Å²) in [6.07, 6.45) is 4.30. The number of halogens is 1. The van der Waals surface area contributed by atoms with Gasteiger partial charge in [-0.05, 0) is 61.7 Å². The summed E-state index contributed by atoms with van der Waals surface area (Å²) in [5, 5.41) is 2.26. The third kappa shape index (κ3) is 3.96. The van der Waals surface area contributed by atoms with E-state index in [1.807, 2.05) is 0 Å². The van der Waals surface area contributed by atoms with Gasteiger partial charge < -0.3 is 10.2 Å². The number of nitrogens with one attached hydrogen (secondary N) is 1. The molecule has 0 unspecified atom stereocenters. The number of amides is 2. The molecule has 4 rings (SSSR count). The van der Waals surface area contributed by atoms with E-state index in [1.54, 1.807) is 6.07 Å². The van der Waals surface area contributed by atoms with Crippen molar-refractivity contribution in [3.63, 3.8) is 0 Å². The molecule has 1 aliphatic heterocycles. The maximum absolute atomic E-state index is 14.4. The van der Waals surface area contributed by atoms with E-state index in [1.165, 1.54) is 41.3 Å². The van der Waals surface area contributed by atoms with Gasteiger partial charge in [0.05, 0.1) is 15.8 Å². The summed E-state index contributed by atoms with van der Waals surface area (Å²) in [5.41, 5.74) is 0.743. The monoisotopic (exact) mass is 430 g/mol. The zero-order valence-corrected chi connectivity index (χ0v) is 17.3. The summed E-state index contributed by atoms with van der Waals surface area (Å²) in [7, 11) is -3.38. The van der Waals surface area contributed by atoms with Gasteiger partial charge >= 0.3 is 0 Å². The van der Waals surface area contributed by atoms with Crippen LogP contribution in [0.2, 0.25) is 0 Å². The second kappa shape index (κ2) is 8.18. The van der Waals surface area contributed by atoms with E-state index in [9.17, 15) is 22.4 Å². The Hall–Kier alpha value is -2.74. The Kier molecular flexibility index (Phi) is 5.60.